The molecule has 0 bridgehead atoms. The second-order valence-corrected chi connectivity index (χ2v) is 7.67. The van der Waals surface area contributed by atoms with Gasteiger partial charge in [-0.05, 0) is 25.0 Å². The molecule has 3 aromatic heterocycles. The summed E-state index contributed by atoms with van der Waals surface area (Å²) in [5.74, 6) is 0.977. The van der Waals surface area contributed by atoms with Crippen LogP contribution >= 0.6 is 22.7 Å². The number of aryl methyl sites for hydroxylation is 1. The molecule has 0 aliphatic carbocycles. The Balaban J connectivity index is 1.77. The molecule has 0 amide bonds. The molecule has 0 spiro atoms. The lowest BCUT2D eigenvalue weighted by molar-refractivity contribution is 0.734. The van der Waals surface area contributed by atoms with Gasteiger partial charge in [0, 0.05) is 16.3 Å². The second kappa shape index (κ2) is 4.93. The van der Waals surface area contributed by atoms with E-state index in [0.29, 0.717) is 10.6 Å². The molecule has 0 fully saturated rings. The van der Waals surface area contributed by atoms with E-state index < -0.39 is 0 Å². The molecule has 0 atom stereocenters. The zero-order valence-corrected chi connectivity index (χ0v) is 13.6. The van der Waals surface area contributed by atoms with Crippen molar-refractivity contribution in [1.29, 1.82) is 5.26 Å². The topological polar surface area (TPSA) is 78.8 Å². The highest BCUT2D eigenvalue weighted by Crippen LogP contribution is 2.37. The Labute approximate surface area is 135 Å². The first-order valence-corrected chi connectivity index (χ1v) is 8.57. The summed E-state index contributed by atoms with van der Waals surface area (Å²) < 4.78 is 0. The van der Waals surface area contributed by atoms with Crippen LogP contribution in [0.4, 0.5) is 10.8 Å². The van der Waals surface area contributed by atoms with Crippen LogP contribution in [0.25, 0.3) is 10.2 Å². The summed E-state index contributed by atoms with van der Waals surface area (Å²) in [6, 6.07) is 4.38. The van der Waals surface area contributed by atoms with Crippen LogP contribution in [0.5, 0.6) is 0 Å². The van der Waals surface area contributed by atoms with Gasteiger partial charge in [0.15, 0.2) is 0 Å². The molecular formula is C15H13N5S2. The number of rotatable bonds is 1. The Hall–Kier alpha value is -2.17. The second-order valence-electron chi connectivity index (χ2n) is 5.30. The Kier molecular flexibility index (Phi) is 3.03. The van der Waals surface area contributed by atoms with Gasteiger partial charge in [-0.3, -0.25) is 0 Å². The van der Waals surface area contributed by atoms with Crippen molar-refractivity contribution in [2.45, 2.75) is 19.9 Å². The van der Waals surface area contributed by atoms with Crippen LogP contribution < -0.4 is 10.6 Å². The van der Waals surface area contributed by atoms with Crippen LogP contribution in [-0.4, -0.2) is 16.5 Å². The van der Waals surface area contributed by atoms with Crippen LogP contribution in [-0.2, 0) is 13.0 Å². The highest BCUT2D eigenvalue weighted by atomic mass is 32.1. The van der Waals surface area contributed by atoms with Crippen molar-refractivity contribution in [3.8, 4) is 6.07 Å². The molecule has 0 saturated carbocycles. The predicted molar refractivity (Wildman–Crippen MR) is 90.4 cm³/mol. The van der Waals surface area contributed by atoms with E-state index in [1.165, 1.54) is 21.1 Å². The van der Waals surface area contributed by atoms with E-state index in [4.69, 9.17) is 5.73 Å². The third-order valence-electron chi connectivity index (χ3n) is 3.93. The Morgan fingerprint density at radius 3 is 3.05 bits per heavy atom. The highest BCUT2D eigenvalue weighted by Gasteiger charge is 2.25. The van der Waals surface area contributed by atoms with E-state index in [-0.39, 0.29) is 0 Å². The van der Waals surface area contributed by atoms with Gasteiger partial charge >= 0.3 is 0 Å². The molecule has 0 saturated heterocycles. The number of nitrogens with two attached hydrogens (primary N) is 1. The molecular weight excluding hydrogens is 314 g/mol. The third kappa shape index (κ3) is 1.95. The van der Waals surface area contributed by atoms with Gasteiger partial charge in [0.1, 0.15) is 28.0 Å². The van der Waals surface area contributed by atoms with E-state index >= 15 is 0 Å². The first kappa shape index (κ1) is 13.5. The van der Waals surface area contributed by atoms with Crippen molar-refractivity contribution in [3.63, 3.8) is 0 Å². The lowest BCUT2D eigenvalue weighted by atomic mass is 10.0. The predicted octanol–water partition coefficient (Wildman–Crippen LogP) is 3.08. The van der Waals surface area contributed by atoms with Crippen molar-refractivity contribution in [3.05, 3.63) is 33.3 Å². The van der Waals surface area contributed by atoms with E-state index in [9.17, 15) is 5.26 Å². The number of nitriles is 1. The molecule has 4 rings (SSSR count). The van der Waals surface area contributed by atoms with Gasteiger partial charge in [-0.15, -0.1) is 22.7 Å². The monoisotopic (exact) mass is 327 g/mol. The van der Waals surface area contributed by atoms with Gasteiger partial charge in [0.2, 0.25) is 0 Å². The minimum Gasteiger partial charge on any atom is -0.389 e. The number of hydrogen-bond acceptors (Lipinski definition) is 7. The number of hydrogen-bond donors (Lipinski definition) is 1. The van der Waals surface area contributed by atoms with Gasteiger partial charge in [-0.1, -0.05) is 0 Å². The van der Waals surface area contributed by atoms with Crippen molar-refractivity contribution < 1.29 is 0 Å². The van der Waals surface area contributed by atoms with E-state index in [0.717, 1.165) is 41.1 Å². The van der Waals surface area contributed by atoms with Crippen LogP contribution in [0.2, 0.25) is 0 Å². The standard InChI is InChI=1S/C15H13N5S2/c1-8-4-10-14(18-7-19-15(10)21-8)20-3-2-9-11(5-16)13(17)22-12(9)6-20/h4,7H,2-3,6,17H2,1H3. The Morgan fingerprint density at radius 1 is 1.36 bits per heavy atom. The Bertz CT molecular complexity index is 918. The van der Waals surface area contributed by atoms with Crippen LogP contribution in [0.15, 0.2) is 12.4 Å². The minimum absolute atomic E-state index is 0.633. The molecule has 3 aromatic rings. The maximum Gasteiger partial charge on any atom is 0.141 e. The summed E-state index contributed by atoms with van der Waals surface area (Å²) in [6.45, 7) is 3.69. The summed E-state index contributed by atoms with van der Waals surface area (Å²) in [7, 11) is 0. The summed E-state index contributed by atoms with van der Waals surface area (Å²) in [6.07, 6.45) is 2.47. The smallest absolute Gasteiger partial charge is 0.141 e. The Morgan fingerprint density at radius 2 is 2.23 bits per heavy atom. The average Bonchev–Trinajstić information content (AvgIpc) is 3.03. The molecule has 22 heavy (non-hydrogen) atoms. The molecule has 7 heteroatoms. The number of nitrogens with zero attached hydrogens (tertiary/aromatic N) is 4. The number of anilines is 2. The molecule has 0 aromatic carbocycles. The third-order valence-corrected chi connectivity index (χ3v) is 5.93. The number of thiophene rings is 2. The van der Waals surface area contributed by atoms with Gasteiger partial charge in [0.25, 0.3) is 0 Å². The molecule has 5 nitrogen and oxygen atoms in total. The summed E-state index contributed by atoms with van der Waals surface area (Å²) >= 11 is 3.21. The quantitative estimate of drug-likeness (QED) is 0.743. The zero-order valence-electron chi connectivity index (χ0n) is 12.0. The number of nitrogen functional groups attached to an aromatic ring is 1. The summed E-state index contributed by atoms with van der Waals surface area (Å²) in [5, 5.41) is 11.0. The SMILES string of the molecule is Cc1cc2c(N3CCc4c(sc(N)c4C#N)C3)ncnc2s1. The molecule has 4 heterocycles. The van der Waals surface area contributed by atoms with Crippen molar-refractivity contribution in [2.75, 3.05) is 17.2 Å². The van der Waals surface area contributed by atoms with E-state index in [2.05, 4.69) is 33.9 Å². The first-order chi connectivity index (χ1) is 10.7. The summed E-state index contributed by atoms with van der Waals surface area (Å²) in [5.41, 5.74) is 7.75. The molecule has 110 valence electrons. The molecule has 1 aliphatic heterocycles. The number of fused-ring (bicyclic) bond motifs is 2. The largest absolute Gasteiger partial charge is 0.389 e. The fraction of sp³-hybridized carbons (Fsp3) is 0.267. The molecule has 0 unspecified atom stereocenters. The van der Waals surface area contributed by atoms with Gasteiger partial charge in [-0.2, -0.15) is 5.26 Å². The van der Waals surface area contributed by atoms with Gasteiger partial charge in [0.05, 0.1) is 17.5 Å². The first-order valence-electron chi connectivity index (χ1n) is 6.93. The zero-order chi connectivity index (χ0) is 15.3. The van der Waals surface area contributed by atoms with E-state index in [1.807, 2.05) is 0 Å². The van der Waals surface area contributed by atoms with E-state index in [1.54, 1.807) is 17.7 Å². The molecule has 1 aliphatic rings. The van der Waals surface area contributed by atoms with Gasteiger partial charge in [-0.25, -0.2) is 9.97 Å². The fourth-order valence-corrected chi connectivity index (χ4v) is 4.87. The highest BCUT2D eigenvalue weighted by molar-refractivity contribution is 7.18. The lowest BCUT2D eigenvalue weighted by Crippen LogP contribution is -2.30. The maximum absolute atomic E-state index is 9.23. The lowest BCUT2D eigenvalue weighted by Gasteiger charge is -2.28. The van der Waals surface area contributed by atoms with Crippen molar-refractivity contribution in [1.82, 2.24) is 9.97 Å². The molecule has 0 radical (unpaired) electrons. The van der Waals surface area contributed by atoms with Crippen molar-refractivity contribution >= 4 is 43.7 Å². The van der Waals surface area contributed by atoms with Crippen LogP contribution in [0.1, 0.15) is 20.9 Å². The normalized spacial score (nSPS) is 14.1. The van der Waals surface area contributed by atoms with Crippen molar-refractivity contribution in [2.24, 2.45) is 0 Å². The van der Waals surface area contributed by atoms with Gasteiger partial charge < -0.3 is 10.6 Å². The maximum atomic E-state index is 9.23. The number of aromatic nitrogens is 2. The van der Waals surface area contributed by atoms with Crippen LogP contribution in [0, 0.1) is 18.3 Å². The fourth-order valence-electron chi connectivity index (χ4n) is 2.94. The molecule has 2 N–H and O–H groups in total. The van der Waals surface area contributed by atoms with Crippen LogP contribution in [0.3, 0.4) is 0 Å². The average molecular weight is 327 g/mol. The summed E-state index contributed by atoms with van der Waals surface area (Å²) in [4.78, 5) is 14.6. The minimum atomic E-state index is 0.633.